The first kappa shape index (κ1) is 12.4. The first-order chi connectivity index (χ1) is 8.36. The predicted molar refractivity (Wildman–Crippen MR) is 65.6 cm³/mol. The molecule has 18 heavy (non-hydrogen) atoms. The van der Waals surface area contributed by atoms with Crippen molar-refractivity contribution in [3.63, 3.8) is 0 Å². The number of amides is 1. The van der Waals surface area contributed by atoms with Crippen molar-refractivity contribution < 1.29 is 17.8 Å². The fourth-order valence-electron chi connectivity index (χ4n) is 4.86. The Balaban J connectivity index is 1.68. The first-order valence-corrected chi connectivity index (χ1v) is 8.06. The summed E-state index contributed by atoms with van der Waals surface area (Å²) in [5, 5.41) is 1.15. The van der Waals surface area contributed by atoms with Gasteiger partial charge >= 0.3 is 15.4 Å². The zero-order valence-corrected chi connectivity index (χ0v) is 11.1. The molecular weight excluding hydrogens is 254 g/mol. The van der Waals surface area contributed by atoms with Crippen LogP contribution >= 0.6 is 0 Å². The van der Waals surface area contributed by atoms with Gasteiger partial charge in [-0.25, -0.2) is 0 Å². The van der Waals surface area contributed by atoms with E-state index in [2.05, 4.69) is 5.32 Å². The van der Waals surface area contributed by atoms with Gasteiger partial charge in [-0.2, -0.15) is 8.42 Å². The van der Waals surface area contributed by atoms with Crippen LogP contribution in [-0.2, 0) is 10.1 Å². The van der Waals surface area contributed by atoms with E-state index in [4.69, 9.17) is 4.55 Å². The molecule has 0 heterocycles. The molecular formula is C12H19NO4S. The Bertz CT molecular complexity index is 435. The second-order valence-corrected chi connectivity index (χ2v) is 7.85. The van der Waals surface area contributed by atoms with E-state index >= 15 is 0 Å². The molecule has 0 atom stereocenters. The Morgan fingerprint density at radius 3 is 1.94 bits per heavy atom. The van der Waals surface area contributed by atoms with E-state index in [1.54, 1.807) is 0 Å². The average molecular weight is 273 g/mol. The third kappa shape index (κ3) is 2.16. The van der Waals surface area contributed by atoms with Gasteiger partial charge in [0.25, 0.3) is 0 Å². The molecule has 2 N–H and O–H groups in total. The van der Waals surface area contributed by atoms with Crippen molar-refractivity contribution in [3.05, 3.63) is 0 Å². The number of hydrogen-bond acceptors (Lipinski definition) is 3. The van der Waals surface area contributed by atoms with Crippen molar-refractivity contribution in [2.45, 2.75) is 38.5 Å². The van der Waals surface area contributed by atoms with Gasteiger partial charge in [0.1, 0.15) is 0 Å². The third-order valence-corrected chi connectivity index (χ3v) is 5.62. The lowest BCUT2D eigenvalue weighted by atomic mass is 9.49. The van der Waals surface area contributed by atoms with E-state index in [1.165, 1.54) is 19.3 Å². The third-order valence-electron chi connectivity index (χ3n) is 5.01. The monoisotopic (exact) mass is 273 g/mol. The lowest BCUT2D eigenvalue weighted by Crippen LogP contribution is -2.51. The van der Waals surface area contributed by atoms with Crippen LogP contribution in [-0.4, -0.2) is 24.8 Å². The van der Waals surface area contributed by atoms with Gasteiger partial charge in [0.05, 0.1) is 0 Å². The van der Waals surface area contributed by atoms with Crippen LogP contribution in [0.4, 0.5) is 4.79 Å². The smallest absolute Gasteiger partial charge is 0.340 e. The summed E-state index contributed by atoms with van der Waals surface area (Å²) in [7, 11) is -4.59. The molecule has 4 rings (SSSR count). The highest BCUT2D eigenvalue weighted by Gasteiger charge is 2.50. The molecule has 0 aromatic heterocycles. The molecule has 0 saturated heterocycles. The number of hydrogen-bond donors (Lipinski definition) is 2. The van der Waals surface area contributed by atoms with Gasteiger partial charge in [-0.15, -0.1) is 0 Å². The van der Waals surface area contributed by atoms with Crippen LogP contribution in [0.5, 0.6) is 0 Å². The highest BCUT2D eigenvalue weighted by atomic mass is 32.2. The molecule has 4 bridgehead atoms. The summed E-state index contributed by atoms with van der Waals surface area (Å²) in [6, 6.07) is 0. The summed E-state index contributed by atoms with van der Waals surface area (Å²) in [5.74, 6) is 2.29. The van der Waals surface area contributed by atoms with Crippen molar-refractivity contribution in [2.75, 3.05) is 6.54 Å². The Morgan fingerprint density at radius 1 is 1.11 bits per heavy atom. The first-order valence-electron chi connectivity index (χ1n) is 6.62. The molecule has 4 aliphatic carbocycles. The minimum absolute atomic E-state index is 0.0924. The van der Waals surface area contributed by atoms with E-state index in [0.717, 1.165) is 37.0 Å². The minimum Gasteiger partial charge on any atom is -0.340 e. The second kappa shape index (κ2) is 3.93. The van der Waals surface area contributed by atoms with Crippen molar-refractivity contribution in [3.8, 4) is 0 Å². The van der Waals surface area contributed by atoms with Crippen LogP contribution in [0.1, 0.15) is 38.5 Å². The largest absolute Gasteiger partial charge is 0.363 e. The molecule has 4 fully saturated rings. The standard InChI is InChI=1S/C12H19NO4S/c14-11(18(15,16)17)13-7-12-4-8-1-9(5-12)3-10(2-8)6-12/h8-10H,1-7H2,(H,13,14)(H,15,16,17). The lowest BCUT2D eigenvalue weighted by Gasteiger charge is -2.56. The molecule has 6 heteroatoms. The quantitative estimate of drug-likeness (QED) is 0.751. The highest BCUT2D eigenvalue weighted by Crippen LogP contribution is 2.59. The lowest BCUT2D eigenvalue weighted by molar-refractivity contribution is -0.0495. The predicted octanol–water partition coefficient (Wildman–Crippen LogP) is 1.80. The van der Waals surface area contributed by atoms with Gasteiger partial charge in [0.15, 0.2) is 0 Å². The molecule has 0 aromatic carbocycles. The van der Waals surface area contributed by atoms with Crippen molar-refractivity contribution in [2.24, 2.45) is 23.2 Å². The molecule has 102 valence electrons. The van der Waals surface area contributed by atoms with Crippen LogP contribution in [0.25, 0.3) is 0 Å². The van der Waals surface area contributed by atoms with Gasteiger partial charge in [-0.05, 0) is 61.7 Å². The SMILES string of the molecule is O=C(NCC12CC3CC(CC(C3)C1)C2)S(=O)(=O)O. The number of carbonyl (C=O) groups is 1. The molecule has 0 unspecified atom stereocenters. The van der Waals surface area contributed by atoms with Gasteiger partial charge in [0, 0.05) is 6.54 Å². The van der Waals surface area contributed by atoms with Gasteiger partial charge in [0.2, 0.25) is 0 Å². The topological polar surface area (TPSA) is 83.5 Å². The zero-order chi connectivity index (χ0) is 13.0. The summed E-state index contributed by atoms with van der Waals surface area (Å²) in [5.41, 5.74) is 0.0924. The Labute approximate surface area is 107 Å². The van der Waals surface area contributed by atoms with Crippen LogP contribution in [0.2, 0.25) is 0 Å². The van der Waals surface area contributed by atoms with Crippen LogP contribution in [0, 0.1) is 23.2 Å². The van der Waals surface area contributed by atoms with E-state index in [-0.39, 0.29) is 5.41 Å². The molecule has 1 amide bonds. The summed E-state index contributed by atoms with van der Waals surface area (Å²) in [4.78, 5) is 11.2. The molecule has 0 aromatic rings. The fraction of sp³-hybridized carbons (Fsp3) is 0.917. The number of carbonyl (C=O) groups excluding carboxylic acids is 1. The minimum atomic E-state index is -4.59. The van der Waals surface area contributed by atoms with E-state index in [9.17, 15) is 13.2 Å². The summed E-state index contributed by atoms with van der Waals surface area (Å²) in [6.45, 7) is 0.398. The zero-order valence-electron chi connectivity index (χ0n) is 10.3. The van der Waals surface area contributed by atoms with Gasteiger partial charge in [-0.3, -0.25) is 9.35 Å². The van der Waals surface area contributed by atoms with Gasteiger partial charge < -0.3 is 5.32 Å². The Morgan fingerprint density at radius 2 is 1.56 bits per heavy atom. The van der Waals surface area contributed by atoms with E-state index < -0.39 is 15.4 Å². The Hall–Kier alpha value is -0.620. The normalized spacial score (nSPS) is 41.9. The molecule has 5 nitrogen and oxygen atoms in total. The fourth-order valence-corrected chi connectivity index (χ4v) is 5.11. The summed E-state index contributed by atoms with van der Waals surface area (Å²) >= 11 is 0. The van der Waals surface area contributed by atoms with E-state index in [0.29, 0.717) is 6.54 Å². The maximum atomic E-state index is 11.2. The van der Waals surface area contributed by atoms with Crippen LogP contribution in [0.3, 0.4) is 0 Å². The van der Waals surface area contributed by atoms with Gasteiger partial charge in [-0.1, -0.05) is 0 Å². The Kier molecular flexibility index (Phi) is 2.71. The van der Waals surface area contributed by atoms with Crippen LogP contribution < -0.4 is 5.32 Å². The summed E-state index contributed by atoms with van der Waals surface area (Å²) < 4.78 is 30.0. The average Bonchev–Trinajstić information content (AvgIpc) is 2.22. The highest BCUT2D eigenvalue weighted by molar-refractivity contribution is 8.01. The molecule has 4 aliphatic rings. The molecule has 4 saturated carbocycles. The van der Waals surface area contributed by atoms with Crippen LogP contribution in [0.15, 0.2) is 0 Å². The van der Waals surface area contributed by atoms with Crippen molar-refractivity contribution >= 4 is 15.4 Å². The summed E-state index contributed by atoms with van der Waals surface area (Å²) in [6.07, 6.45) is 7.24. The van der Waals surface area contributed by atoms with Crippen molar-refractivity contribution in [1.29, 1.82) is 0 Å². The number of nitrogens with one attached hydrogen (secondary N) is 1. The second-order valence-electron chi connectivity index (χ2n) is 6.53. The molecule has 0 radical (unpaired) electrons. The molecule has 0 spiro atoms. The maximum Gasteiger partial charge on any atom is 0.363 e. The van der Waals surface area contributed by atoms with Crippen molar-refractivity contribution in [1.82, 2.24) is 5.32 Å². The number of rotatable bonds is 2. The molecule has 0 aliphatic heterocycles. The van der Waals surface area contributed by atoms with E-state index in [1.807, 2.05) is 0 Å². The maximum absolute atomic E-state index is 11.2.